The van der Waals surface area contributed by atoms with Gasteiger partial charge in [-0.2, -0.15) is 0 Å². The maximum Gasteiger partial charge on any atom is 0.229 e. The van der Waals surface area contributed by atoms with E-state index in [9.17, 15) is 13.5 Å². The first-order valence-electron chi connectivity index (χ1n) is 4.28. The van der Waals surface area contributed by atoms with E-state index < -0.39 is 15.7 Å². The predicted octanol–water partition coefficient (Wildman–Crippen LogP) is 0.182. The minimum atomic E-state index is -3.31. The second kappa shape index (κ2) is 3.80. The van der Waals surface area contributed by atoms with Crippen LogP contribution in [0.25, 0.3) is 0 Å². The van der Waals surface area contributed by atoms with Gasteiger partial charge in [-0.3, -0.25) is 4.72 Å². The molecule has 0 amide bonds. The van der Waals surface area contributed by atoms with Crippen molar-refractivity contribution in [2.75, 3.05) is 11.0 Å². The van der Waals surface area contributed by atoms with Crippen molar-refractivity contribution < 1.29 is 13.5 Å². The van der Waals surface area contributed by atoms with Crippen LogP contribution in [0.5, 0.6) is 0 Å². The Morgan fingerprint density at radius 3 is 2.53 bits per heavy atom. The van der Waals surface area contributed by atoms with Crippen LogP contribution in [0, 0.1) is 0 Å². The van der Waals surface area contributed by atoms with E-state index in [-0.39, 0.29) is 0 Å². The second-order valence-corrected chi connectivity index (χ2v) is 5.35. The molecule has 4 N–H and O–H groups in total. The van der Waals surface area contributed by atoms with Gasteiger partial charge in [-0.1, -0.05) is 12.1 Å². The molecule has 0 radical (unpaired) electrons. The van der Waals surface area contributed by atoms with Gasteiger partial charge in [0.15, 0.2) is 0 Å². The summed E-state index contributed by atoms with van der Waals surface area (Å²) in [5.41, 5.74) is 4.81. The average Bonchev–Trinajstić information content (AvgIpc) is 1.99. The van der Waals surface area contributed by atoms with Crippen LogP contribution in [0.3, 0.4) is 0 Å². The minimum absolute atomic E-state index is 0.376. The molecule has 0 aromatic heterocycles. The predicted molar refractivity (Wildman–Crippen MR) is 58.7 cm³/mol. The van der Waals surface area contributed by atoms with E-state index in [0.717, 1.165) is 6.26 Å². The molecular weight excluding hydrogens is 216 g/mol. The van der Waals surface area contributed by atoms with Crippen molar-refractivity contribution >= 4 is 15.7 Å². The standard InChI is InChI=1S/C9H14N2O3S/c1-9(10,12)7-4-3-5-8(6-7)11-15(2,13)14/h3-6,11-12H,10H2,1-2H3. The fraction of sp³-hybridized carbons (Fsp3) is 0.333. The van der Waals surface area contributed by atoms with Crippen LogP contribution in [0.2, 0.25) is 0 Å². The molecular formula is C9H14N2O3S. The largest absolute Gasteiger partial charge is 0.372 e. The molecule has 5 nitrogen and oxygen atoms in total. The van der Waals surface area contributed by atoms with Gasteiger partial charge in [0, 0.05) is 5.69 Å². The monoisotopic (exact) mass is 230 g/mol. The summed E-state index contributed by atoms with van der Waals surface area (Å²) in [5, 5.41) is 9.51. The first kappa shape index (κ1) is 12.0. The number of hydrogen-bond acceptors (Lipinski definition) is 4. The fourth-order valence-electron chi connectivity index (χ4n) is 1.11. The molecule has 0 aliphatic heterocycles. The molecule has 0 fully saturated rings. The zero-order valence-electron chi connectivity index (χ0n) is 8.56. The third kappa shape index (κ3) is 3.86. The molecule has 0 aliphatic carbocycles. The van der Waals surface area contributed by atoms with Gasteiger partial charge in [0.25, 0.3) is 0 Å². The number of rotatable bonds is 3. The summed E-state index contributed by atoms with van der Waals surface area (Å²) in [6.45, 7) is 1.42. The summed E-state index contributed by atoms with van der Waals surface area (Å²) >= 11 is 0. The van der Waals surface area contributed by atoms with Gasteiger partial charge in [0.2, 0.25) is 10.0 Å². The molecule has 0 heterocycles. The SMILES string of the molecule is CC(N)(O)c1cccc(NS(C)(=O)=O)c1. The third-order valence-corrected chi connectivity index (χ3v) is 2.36. The van der Waals surface area contributed by atoms with E-state index >= 15 is 0 Å². The summed E-state index contributed by atoms with van der Waals surface area (Å²) in [7, 11) is -3.31. The number of hydrogen-bond donors (Lipinski definition) is 3. The molecule has 0 bridgehead atoms. The van der Waals surface area contributed by atoms with E-state index in [4.69, 9.17) is 5.73 Å². The van der Waals surface area contributed by atoms with Crippen molar-refractivity contribution in [2.45, 2.75) is 12.6 Å². The Morgan fingerprint density at radius 1 is 1.47 bits per heavy atom. The summed E-state index contributed by atoms with van der Waals surface area (Å²) in [6, 6.07) is 6.30. The van der Waals surface area contributed by atoms with Gasteiger partial charge in [-0.25, -0.2) is 8.42 Å². The van der Waals surface area contributed by atoms with Crippen LogP contribution < -0.4 is 10.5 Å². The molecule has 1 aromatic carbocycles. The lowest BCUT2D eigenvalue weighted by Gasteiger charge is -2.18. The van der Waals surface area contributed by atoms with Gasteiger partial charge in [0.05, 0.1) is 6.26 Å². The van der Waals surface area contributed by atoms with Gasteiger partial charge in [0.1, 0.15) is 5.72 Å². The molecule has 0 saturated carbocycles. The van der Waals surface area contributed by atoms with Gasteiger partial charge in [-0.05, 0) is 24.6 Å². The van der Waals surface area contributed by atoms with E-state index in [1.807, 2.05) is 0 Å². The average molecular weight is 230 g/mol. The van der Waals surface area contributed by atoms with E-state index in [1.54, 1.807) is 18.2 Å². The smallest absolute Gasteiger partial charge is 0.229 e. The van der Waals surface area contributed by atoms with Crippen LogP contribution >= 0.6 is 0 Å². The van der Waals surface area contributed by atoms with Crippen LogP contribution in [-0.2, 0) is 15.7 Å². The fourth-order valence-corrected chi connectivity index (χ4v) is 1.67. The Kier molecular flexibility index (Phi) is 3.03. The Bertz CT molecular complexity index is 449. The Labute approximate surface area is 89.0 Å². The summed E-state index contributed by atoms with van der Waals surface area (Å²) in [6.07, 6.45) is 1.06. The molecule has 0 aliphatic rings. The lowest BCUT2D eigenvalue weighted by atomic mass is 10.1. The Morgan fingerprint density at radius 2 is 2.07 bits per heavy atom. The zero-order chi connectivity index (χ0) is 11.7. The normalized spacial score (nSPS) is 15.7. The van der Waals surface area contributed by atoms with Crippen molar-refractivity contribution in [3.8, 4) is 0 Å². The van der Waals surface area contributed by atoms with Crippen LogP contribution in [-0.4, -0.2) is 19.8 Å². The summed E-state index contributed by atoms with van der Waals surface area (Å²) in [4.78, 5) is 0. The Balaban J connectivity index is 3.04. The van der Waals surface area contributed by atoms with Crippen molar-refractivity contribution in [1.82, 2.24) is 0 Å². The molecule has 1 rings (SSSR count). The minimum Gasteiger partial charge on any atom is -0.372 e. The number of aliphatic hydroxyl groups is 1. The van der Waals surface area contributed by atoms with Crippen molar-refractivity contribution in [1.29, 1.82) is 0 Å². The zero-order valence-corrected chi connectivity index (χ0v) is 9.38. The molecule has 1 aromatic rings. The van der Waals surface area contributed by atoms with E-state index in [1.165, 1.54) is 13.0 Å². The maximum absolute atomic E-state index is 11.0. The van der Waals surface area contributed by atoms with Gasteiger partial charge < -0.3 is 10.8 Å². The van der Waals surface area contributed by atoms with Gasteiger partial charge in [-0.15, -0.1) is 0 Å². The number of nitrogens with two attached hydrogens (primary N) is 1. The van der Waals surface area contributed by atoms with Crippen LogP contribution in [0.1, 0.15) is 12.5 Å². The molecule has 6 heteroatoms. The second-order valence-electron chi connectivity index (χ2n) is 3.60. The highest BCUT2D eigenvalue weighted by Crippen LogP contribution is 2.19. The third-order valence-electron chi connectivity index (χ3n) is 1.75. The highest BCUT2D eigenvalue weighted by Gasteiger charge is 2.16. The topological polar surface area (TPSA) is 92.4 Å². The summed E-state index contributed by atoms with van der Waals surface area (Å²) < 4.78 is 24.2. The van der Waals surface area contributed by atoms with Crippen LogP contribution in [0.4, 0.5) is 5.69 Å². The summed E-state index contributed by atoms with van der Waals surface area (Å²) in [5.74, 6) is 0. The number of sulfonamides is 1. The Hall–Kier alpha value is -1.11. The van der Waals surface area contributed by atoms with Crippen molar-refractivity contribution in [3.63, 3.8) is 0 Å². The highest BCUT2D eigenvalue weighted by molar-refractivity contribution is 7.92. The van der Waals surface area contributed by atoms with Crippen LogP contribution in [0.15, 0.2) is 24.3 Å². The molecule has 15 heavy (non-hydrogen) atoms. The van der Waals surface area contributed by atoms with Crippen molar-refractivity contribution in [3.05, 3.63) is 29.8 Å². The lowest BCUT2D eigenvalue weighted by Crippen LogP contribution is -2.32. The molecule has 1 atom stereocenters. The first-order valence-corrected chi connectivity index (χ1v) is 6.17. The first-order chi connectivity index (χ1) is 6.68. The maximum atomic E-state index is 11.0. The van der Waals surface area contributed by atoms with E-state index in [0.29, 0.717) is 11.3 Å². The molecule has 1 unspecified atom stereocenters. The lowest BCUT2D eigenvalue weighted by molar-refractivity contribution is 0.0648. The van der Waals surface area contributed by atoms with E-state index in [2.05, 4.69) is 4.72 Å². The highest BCUT2D eigenvalue weighted by atomic mass is 32.2. The van der Waals surface area contributed by atoms with Gasteiger partial charge >= 0.3 is 0 Å². The number of nitrogens with one attached hydrogen (secondary N) is 1. The quantitative estimate of drug-likeness (QED) is 0.646. The molecule has 0 saturated heterocycles. The molecule has 0 spiro atoms. The number of anilines is 1. The number of benzene rings is 1. The van der Waals surface area contributed by atoms with Crippen molar-refractivity contribution in [2.24, 2.45) is 5.73 Å². The molecule has 84 valence electrons.